The molecular weight excluding hydrogens is 242 g/mol. The molecule has 1 aromatic heterocycles. The molecule has 0 bridgehead atoms. The number of nitrogens with zero attached hydrogens (tertiary/aromatic N) is 2. The Hall–Kier alpha value is -0.940. The molecule has 1 unspecified atom stereocenters. The molecule has 0 aliphatic heterocycles. The third-order valence-electron chi connectivity index (χ3n) is 4.36. The molecule has 1 aromatic rings. The van der Waals surface area contributed by atoms with Crippen molar-refractivity contribution in [2.75, 3.05) is 7.11 Å². The zero-order valence-electron chi connectivity index (χ0n) is 12.2. The van der Waals surface area contributed by atoms with Gasteiger partial charge in [0.2, 0.25) is 11.7 Å². The van der Waals surface area contributed by atoms with Crippen molar-refractivity contribution in [2.24, 2.45) is 5.73 Å². The van der Waals surface area contributed by atoms with E-state index in [1.165, 1.54) is 12.8 Å². The second kappa shape index (κ2) is 5.59. The van der Waals surface area contributed by atoms with E-state index in [1.807, 2.05) is 13.8 Å². The molecule has 1 aliphatic rings. The second-order valence-corrected chi connectivity index (χ2v) is 5.81. The van der Waals surface area contributed by atoms with Gasteiger partial charge in [0.15, 0.2) is 0 Å². The molecule has 1 saturated carbocycles. The minimum atomic E-state index is -0.565. The number of methoxy groups -OCH3 is 1. The molecule has 1 atom stereocenters. The van der Waals surface area contributed by atoms with E-state index in [9.17, 15) is 0 Å². The predicted molar refractivity (Wildman–Crippen MR) is 72.5 cm³/mol. The monoisotopic (exact) mass is 267 g/mol. The third kappa shape index (κ3) is 2.82. The second-order valence-electron chi connectivity index (χ2n) is 5.81. The lowest BCUT2D eigenvalue weighted by Crippen LogP contribution is -2.33. The van der Waals surface area contributed by atoms with Crippen LogP contribution in [-0.2, 0) is 15.9 Å². The summed E-state index contributed by atoms with van der Waals surface area (Å²) in [6.45, 7) is 3.93. The Morgan fingerprint density at radius 3 is 2.47 bits per heavy atom. The van der Waals surface area contributed by atoms with Crippen LogP contribution in [0.5, 0.6) is 0 Å². The maximum atomic E-state index is 6.16. The fraction of sp³-hybridized carbons (Fsp3) is 0.857. The molecule has 0 saturated heterocycles. The highest BCUT2D eigenvalue weighted by Crippen LogP contribution is 2.38. The molecule has 1 fully saturated rings. The van der Waals surface area contributed by atoms with Crippen LogP contribution in [0.3, 0.4) is 0 Å². The summed E-state index contributed by atoms with van der Waals surface area (Å²) in [6, 6.07) is 0. The summed E-state index contributed by atoms with van der Waals surface area (Å²) in [6.07, 6.45) is 7.45. The van der Waals surface area contributed by atoms with E-state index >= 15 is 0 Å². The number of hydrogen-bond donors (Lipinski definition) is 1. The van der Waals surface area contributed by atoms with E-state index in [4.69, 9.17) is 15.0 Å². The first-order valence-electron chi connectivity index (χ1n) is 7.23. The molecule has 2 N–H and O–H groups in total. The van der Waals surface area contributed by atoms with E-state index in [0.717, 1.165) is 32.1 Å². The molecular formula is C14H25N3O2. The summed E-state index contributed by atoms with van der Waals surface area (Å²) in [5, 5.41) is 4.15. The van der Waals surface area contributed by atoms with E-state index in [-0.39, 0.29) is 5.60 Å². The lowest BCUT2D eigenvalue weighted by Gasteiger charge is -2.27. The van der Waals surface area contributed by atoms with Crippen molar-refractivity contribution in [3.05, 3.63) is 11.7 Å². The van der Waals surface area contributed by atoms with Crippen molar-refractivity contribution >= 4 is 0 Å². The SMILES string of the molecule is CCC(C)(N)c1nc(C2(OC)CCCCCC2)no1. The highest BCUT2D eigenvalue weighted by molar-refractivity contribution is 5.06. The summed E-state index contributed by atoms with van der Waals surface area (Å²) in [5.41, 5.74) is 5.21. The van der Waals surface area contributed by atoms with Crippen LogP contribution in [0.4, 0.5) is 0 Å². The Morgan fingerprint density at radius 2 is 1.95 bits per heavy atom. The number of hydrogen-bond acceptors (Lipinski definition) is 5. The zero-order valence-corrected chi connectivity index (χ0v) is 12.2. The van der Waals surface area contributed by atoms with Crippen LogP contribution in [-0.4, -0.2) is 17.3 Å². The molecule has 0 aromatic carbocycles. The van der Waals surface area contributed by atoms with Gasteiger partial charge < -0.3 is 15.0 Å². The summed E-state index contributed by atoms with van der Waals surface area (Å²) >= 11 is 0. The average Bonchev–Trinajstić information content (AvgIpc) is 2.80. The first kappa shape index (κ1) is 14.5. The summed E-state index contributed by atoms with van der Waals surface area (Å²) in [7, 11) is 1.74. The summed E-state index contributed by atoms with van der Waals surface area (Å²) < 4.78 is 11.2. The molecule has 1 aliphatic carbocycles. The van der Waals surface area contributed by atoms with Crippen LogP contribution < -0.4 is 5.73 Å². The Labute approximate surface area is 114 Å². The number of nitrogens with two attached hydrogens (primary N) is 1. The summed E-state index contributed by atoms with van der Waals surface area (Å²) in [5.74, 6) is 1.17. The van der Waals surface area contributed by atoms with Crippen LogP contribution in [0.1, 0.15) is 70.5 Å². The van der Waals surface area contributed by atoms with Gasteiger partial charge in [-0.05, 0) is 26.2 Å². The van der Waals surface area contributed by atoms with Crippen molar-refractivity contribution in [1.82, 2.24) is 10.1 Å². The molecule has 108 valence electrons. The molecule has 5 heteroatoms. The van der Waals surface area contributed by atoms with Gasteiger partial charge in [-0.1, -0.05) is 37.8 Å². The zero-order chi connectivity index (χ0) is 13.9. The highest BCUT2D eigenvalue weighted by atomic mass is 16.5. The maximum Gasteiger partial charge on any atom is 0.246 e. The van der Waals surface area contributed by atoms with Gasteiger partial charge in [-0.2, -0.15) is 4.98 Å². The van der Waals surface area contributed by atoms with Crippen molar-refractivity contribution in [2.45, 2.75) is 69.9 Å². The highest BCUT2D eigenvalue weighted by Gasteiger charge is 2.39. The van der Waals surface area contributed by atoms with Crippen LogP contribution in [0.2, 0.25) is 0 Å². The Morgan fingerprint density at radius 1 is 1.32 bits per heavy atom. The van der Waals surface area contributed by atoms with Crippen LogP contribution >= 0.6 is 0 Å². The van der Waals surface area contributed by atoms with E-state index < -0.39 is 5.54 Å². The van der Waals surface area contributed by atoms with Crippen molar-refractivity contribution in [1.29, 1.82) is 0 Å². The fourth-order valence-corrected chi connectivity index (χ4v) is 2.61. The van der Waals surface area contributed by atoms with Crippen LogP contribution in [0.25, 0.3) is 0 Å². The molecule has 1 heterocycles. The van der Waals surface area contributed by atoms with Crippen molar-refractivity contribution in [3.8, 4) is 0 Å². The first-order chi connectivity index (χ1) is 9.04. The Kier molecular flexibility index (Phi) is 4.26. The molecule has 0 radical (unpaired) electrons. The lowest BCUT2D eigenvalue weighted by molar-refractivity contribution is -0.0365. The van der Waals surface area contributed by atoms with Crippen molar-refractivity contribution < 1.29 is 9.26 Å². The van der Waals surface area contributed by atoms with Gasteiger partial charge in [0.05, 0.1) is 5.54 Å². The molecule has 5 nitrogen and oxygen atoms in total. The number of aromatic nitrogens is 2. The Balaban J connectivity index is 2.28. The number of ether oxygens (including phenoxy) is 1. The number of rotatable bonds is 4. The van der Waals surface area contributed by atoms with Gasteiger partial charge in [-0.25, -0.2) is 0 Å². The van der Waals surface area contributed by atoms with Gasteiger partial charge in [0.25, 0.3) is 0 Å². The average molecular weight is 267 g/mol. The van der Waals surface area contributed by atoms with Gasteiger partial charge in [-0.15, -0.1) is 0 Å². The molecule has 2 rings (SSSR count). The van der Waals surface area contributed by atoms with E-state index in [0.29, 0.717) is 11.7 Å². The topological polar surface area (TPSA) is 74.2 Å². The van der Waals surface area contributed by atoms with Gasteiger partial charge >= 0.3 is 0 Å². The standard InChI is InChI=1S/C14H25N3O2/c1-4-13(2,15)12-16-11(17-19-12)14(18-3)9-7-5-6-8-10-14/h4-10,15H2,1-3H3. The Bertz CT molecular complexity index is 407. The van der Waals surface area contributed by atoms with E-state index in [2.05, 4.69) is 10.1 Å². The molecule has 0 amide bonds. The first-order valence-corrected chi connectivity index (χ1v) is 7.23. The van der Waals surface area contributed by atoms with Gasteiger partial charge in [-0.3, -0.25) is 0 Å². The lowest BCUT2D eigenvalue weighted by atomic mass is 9.93. The normalized spacial score (nSPS) is 22.7. The molecule has 0 spiro atoms. The predicted octanol–water partition coefficient (Wildman–Crippen LogP) is 2.85. The quantitative estimate of drug-likeness (QED) is 0.849. The maximum absolute atomic E-state index is 6.16. The van der Waals surface area contributed by atoms with E-state index in [1.54, 1.807) is 7.11 Å². The van der Waals surface area contributed by atoms with Gasteiger partial charge in [0.1, 0.15) is 5.60 Å². The minimum Gasteiger partial charge on any atom is -0.370 e. The summed E-state index contributed by atoms with van der Waals surface area (Å²) in [4.78, 5) is 4.53. The van der Waals surface area contributed by atoms with Crippen molar-refractivity contribution in [3.63, 3.8) is 0 Å². The minimum absolute atomic E-state index is 0.387. The van der Waals surface area contributed by atoms with Gasteiger partial charge in [0, 0.05) is 7.11 Å². The van der Waals surface area contributed by atoms with Crippen LogP contribution in [0.15, 0.2) is 4.52 Å². The van der Waals surface area contributed by atoms with Crippen LogP contribution in [0, 0.1) is 0 Å². The third-order valence-corrected chi connectivity index (χ3v) is 4.36. The fourth-order valence-electron chi connectivity index (χ4n) is 2.61. The molecule has 19 heavy (non-hydrogen) atoms. The smallest absolute Gasteiger partial charge is 0.246 e. The largest absolute Gasteiger partial charge is 0.370 e.